The van der Waals surface area contributed by atoms with E-state index in [1.54, 1.807) is 4.90 Å². The second kappa shape index (κ2) is 12.8. The van der Waals surface area contributed by atoms with Gasteiger partial charge in [0.1, 0.15) is 0 Å². The monoisotopic (exact) mass is 299 g/mol. The number of rotatable bonds is 12. The van der Waals surface area contributed by atoms with Crippen molar-refractivity contribution in [2.75, 3.05) is 32.9 Å². The predicted octanol–water partition coefficient (Wildman–Crippen LogP) is 3.01. The molecule has 0 rings (SSSR count). The van der Waals surface area contributed by atoms with Crippen molar-refractivity contribution in [3.05, 3.63) is 11.6 Å². The van der Waals surface area contributed by atoms with Crippen molar-refractivity contribution >= 4 is 5.91 Å². The lowest BCUT2D eigenvalue weighted by Crippen LogP contribution is -2.34. The fourth-order valence-corrected chi connectivity index (χ4v) is 1.95. The Labute approximate surface area is 130 Å². The number of nitrogens with zero attached hydrogens (tertiary/aromatic N) is 1. The third-order valence-electron chi connectivity index (χ3n) is 3.75. The van der Waals surface area contributed by atoms with Crippen LogP contribution in [0.4, 0.5) is 0 Å². The number of aliphatic hydroxyl groups excluding tert-OH is 1. The second-order valence-corrected chi connectivity index (χ2v) is 5.75. The SMILES string of the molecule is CCC(C)CC=C(C)CCCOCCN(CCO)C(C)=O. The molecule has 0 heterocycles. The van der Waals surface area contributed by atoms with Crippen molar-refractivity contribution in [2.45, 2.75) is 53.4 Å². The molecule has 4 heteroatoms. The summed E-state index contributed by atoms with van der Waals surface area (Å²) >= 11 is 0. The molecule has 21 heavy (non-hydrogen) atoms. The maximum absolute atomic E-state index is 11.2. The fraction of sp³-hybridized carbons (Fsp3) is 0.824. The van der Waals surface area contributed by atoms with Crippen molar-refractivity contribution in [3.63, 3.8) is 0 Å². The number of amides is 1. The highest BCUT2D eigenvalue weighted by molar-refractivity contribution is 5.73. The Bertz CT molecular complexity index is 302. The van der Waals surface area contributed by atoms with Crippen LogP contribution < -0.4 is 0 Å². The maximum atomic E-state index is 11.2. The van der Waals surface area contributed by atoms with Gasteiger partial charge >= 0.3 is 0 Å². The van der Waals surface area contributed by atoms with Crippen LogP contribution in [0.5, 0.6) is 0 Å². The first-order valence-electron chi connectivity index (χ1n) is 8.11. The lowest BCUT2D eigenvalue weighted by molar-refractivity contribution is -0.130. The van der Waals surface area contributed by atoms with Gasteiger partial charge in [0.15, 0.2) is 0 Å². The number of hydrogen-bond donors (Lipinski definition) is 1. The van der Waals surface area contributed by atoms with E-state index >= 15 is 0 Å². The molecule has 1 N–H and O–H groups in total. The van der Waals surface area contributed by atoms with Crippen LogP contribution in [0.25, 0.3) is 0 Å². The summed E-state index contributed by atoms with van der Waals surface area (Å²) in [5, 5.41) is 8.85. The molecular weight excluding hydrogens is 266 g/mol. The smallest absolute Gasteiger partial charge is 0.219 e. The molecule has 0 saturated carbocycles. The molecule has 1 atom stereocenters. The summed E-state index contributed by atoms with van der Waals surface area (Å²) in [5.41, 5.74) is 1.43. The molecule has 0 radical (unpaired) electrons. The van der Waals surface area contributed by atoms with E-state index in [9.17, 15) is 4.79 Å². The molecule has 1 unspecified atom stereocenters. The number of hydrogen-bond acceptors (Lipinski definition) is 3. The maximum Gasteiger partial charge on any atom is 0.219 e. The molecule has 0 fully saturated rings. The van der Waals surface area contributed by atoms with Gasteiger partial charge in [0.05, 0.1) is 13.2 Å². The molecule has 0 bridgehead atoms. The van der Waals surface area contributed by atoms with Crippen molar-refractivity contribution in [1.82, 2.24) is 4.90 Å². The molecule has 4 nitrogen and oxygen atoms in total. The highest BCUT2D eigenvalue weighted by atomic mass is 16.5. The fourth-order valence-electron chi connectivity index (χ4n) is 1.95. The summed E-state index contributed by atoms with van der Waals surface area (Å²) in [6.07, 6.45) is 6.82. The number of ether oxygens (including phenoxy) is 1. The second-order valence-electron chi connectivity index (χ2n) is 5.75. The van der Waals surface area contributed by atoms with Crippen LogP contribution in [0, 0.1) is 5.92 Å². The van der Waals surface area contributed by atoms with Crippen molar-refractivity contribution in [3.8, 4) is 0 Å². The zero-order valence-electron chi connectivity index (χ0n) is 14.2. The van der Waals surface area contributed by atoms with E-state index in [1.807, 2.05) is 0 Å². The molecule has 0 spiro atoms. The first-order chi connectivity index (χ1) is 10.0. The van der Waals surface area contributed by atoms with Crippen LogP contribution >= 0.6 is 0 Å². The van der Waals surface area contributed by atoms with E-state index in [0.717, 1.165) is 31.8 Å². The lowest BCUT2D eigenvalue weighted by atomic mass is 10.0. The van der Waals surface area contributed by atoms with Gasteiger partial charge in [-0.3, -0.25) is 4.79 Å². The van der Waals surface area contributed by atoms with Crippen LogP contribution in [0.2, 0.25) is 0 Å². The van der Waals surface area contributed by atoms with Crippen LogP contribution in [-0.4, -0.2) is 48.8 Å². The van der Waals surface area contributed by atoms with Crippen LogP contribution in [0.1, 0.15) is 53.4 Å². The van der Waals surface area contributed by atoms with Crippen molar-refractivity contribution in [2.24, 2.45) is 5.92 Å². The van der Waals surface area contributed by atoms with E-state index in [2.05, 4.69) is 26.8 Å². The largest absolute Gasteiger partial charge is 0.395 e. The average molecular weight is 299 g/mol. The van der Waals surface area contributed by atoms with Gasteiger partial charge in [-0.25, -0.2) is 0 Å². The van der Waals surface area contributed by atoms with Gasteiger partial charge in [-0.05, 0) is 32.1 Å². The predicted molar refractivity (Wildman–Crippen MR) is 87.2 cm³/mol. The van der Waals surface area contributed by atoms with Crippen molar-refractivity contribution < 1.29 is 14.6 Å². The highest BCUT2D eigenvalue weighted by Gasteiger charge is 2.06. The average Bonchev–Trinajstić information content (AvgIpc) is 2.46. The summed E-state index contributed by atoms with van der Waals surface area (Å²) in [6.45, 7) is 10.4. The minimum Gasteiger partial charge on any atom is -0.395 e. The summed E-state index contributed by atoms with van der Waals surface area (Å²) in [4.78, 5) is 12.9. The Morgan fingerprint density at radius 1 is 1.29 bits per heavy atom. The van der Waals surface area contributed by atoms with E-state index in [0.29, 0.717) is 19.7 Å². The van der Waals surface area contributed by atoms with Gasteiger partial charge in [0.2, 0.25) is 5.91 Å². The van der Waals surface area contributed by atoms with Crippen LogP contribution in [0.3, 0.4) is 0 Å². The molecule has 0 aliphatic heterocycles. The Morgan fingerprint density at radius 2 is 2.00 bits per heavy atom. The molecule has 124 valence electrons. The standard InChI is InChI=1S/C17H33NO3/c1-5-15(2)8-9-16(3)7-6-13-21-14-11-18(10-12-19)17(4)20/h9,15,19H,5-8,10-14H2,1-4H3. The topological polar surface area (TPSA) is 49.8 Å². The molecular formula is C17H33NO3. The highest BCUT2D eigenvalue weighted by Crippen LogP contribution is 2.12. The number of carbonyl (C=O) groups excluding carboxylic acids is 1. The van der Waals surface area contributed by atoms with E-state index in [-0.39, 0.29) is 12.5 Å². The normalized spacial score (nSPS) is 13.3. The molecule has 0 aromatic carbocycles. The quantitative estimate of drug-likeness (QED) is 0.445. The molecule has 0 aliphatic carbocycles. The van der Waals surface area contributed by atoms with Gasteiger partial charge in [-0.2, -0.15) is 0 Å². The number of carbonyl (C=O) groups is 1. The summed E-state index contributed by atoms with van der Waals surface area (Å²) < 4.78 is 5.56. The third kappa shape index (κ3) is 11.5. The third-order valence-corrected chi connectivity index (χ3v) is 3.75. The summed E-state index contributed by atoms with van der Waals surface area (Å²) in [6, 6.07) is 0. The van der Waals surface area contributed by atoms with Crippen molar-refractivity contribution in [1.29, 1.82) is 0 Å². The minimum atomic E-state index is -0.0172. The van der Waals surface area contributed by atoms with Crippen LogP contribution in [0.15, 0.2) is 11.6 Å². The first-order valence-corrected chi connectivity index (χ1v) is 8.11. The first kappa shape index (κ1) is 20.1. The number of aliphatic hydroxyl groups is 1. The molecule has 0 saturated heterocycles. The minimum absolute atomic E-state index is 0.000246. The Balaban J connectivity index is 3.65. The van der Waals surface area contributed by atoms with Gasteiger partial charge in [0, 0.05) is 26.6 Å². The van der Waals surface area contributed by atoms with Crippen LogP contribution in [-0.2, 0) is 9.53 Å². The Kier molecular flexibility index (Phi) is 12.3. The molecule has 0 aliphatic rings. The van der Waals surface area contributed by atoms with E-state index in [1.165, 1.54) is 18.9 Å². The number of allylic oxidation sites excluding steroid dienone is 2. The van der Waals surface area contributed by atoms with Gasteiger partial charge < -0.3 is 14.7 Å². The molecule has 0 aromatic heterocycles. The van der Waals surface area contributed by atoms with Gasteiger partial charge in [0.25, 0.3) is 0 Å². The van der Waals surface area contributed by atoms with E-state index in [4.69, 9.17) is 9.84 Å². The molecule has 1 amide bonds. The summed E-state index contributed by atoms with van der Waals surface area (Å²) in [7, 11) is 0. The Morgan fingerprint density at radius 3 is 2.57 bits per heavy atom. The van der Waals surface area contributed by atoms with Gasteiger partial charge in [-0.15, -0.1) is 0 Å². The Hall–Kier alpha value is -0.870. The van der Waals surface area contributed by atoms with Gasteiger partial charge in [-0.1, -0.05) is 31.9 Å². The lowest BCUT2D eigenvalue weighted by Gasteiger charge is -2.19. The van der Waals surface area contributed by atoms with E-state index < -0.39 is 0 Å². The zero-order valence-corrected chi connectivity index (χ0v) is 14.2. The summed E-state index contributed by atoms with van der Waals surface area (Å²) in [5.74, 6) is 0.747. The molecule has 0 aromatic rings. The zero-order chi connectivity index (χ0) is 16.1.